The molecule has 0 aliphatic heterocycles. The number of hydrogen-bond donors (Lipinski definition) is 1. The summed E-state index contributed by atoms with van der Waals surface area (Å²) in [5.74, 6) is -0.0568. The van der Waals surface area contributed by atoms with E-state index in [0.717, 1.165) is 0 Å². The molecule has 0 radical (unpaired) electrons. The topological polar surface area (TPSA) is 102 Å². The smallest absolute Gasteiger partial charge is 0.349 e. The minimum absolute atomic E-state index is 0.0758. The van der Waals surface area contributed by atoms with Crippen molar-refractivity contribution in [3.63, 3.8) is 0 Å². The Morgan fingerprint density at radius 3 is 2.59 bits per heavy atom. The van der Waals surface area contributed by atoms with Gasteiger partial charge in [0, 0.05) is 11.1 Å². The number of ether oxygens (including phenoxy) is 2. The van der Waals surface area contributed by atoms with E-state index in [1.54, 1.807) is 36.4 Å². The molecule has 2 aromatic carbocycles. The van der Waals surface area contributed by atoms with E-state index in [2.05, 4.69) is 5.32 Å². The van der Waals surface area contributed by atoms with Gasteiger partial charge >= 0.3 is 5.97 Å². The molecule has 1 amide bonds. The van der Waals surface area contributed by atoms with E-state index in [4.69, 9.17) is 37.1 Å². The second-order valence-corrected chi connectivity index (χ2v) is 7.18. The molecule has 0 aliphatic rings. The van der Waals surface area contributed by atoms with Gasteiger partial charge in [0.1, 0.15) is 28.9 Å². The molecule has 32 heavy (non-hydrogen) atoms. The van der Waals surface area contributed by atoms with E-state index in [1.165, 1.54) is 30.5 Å². The Labute approximate surface area is 193 Å². The van der Waals surface area contributed by atoms with E-state index in [-0.39, 0.29) is 30.2 Å². The molecule has 1 heterocycles. The highest BCUT2D eigenvalue weighted by Gasteiger charge is 2.11. The Morgan fingerprint density at radius 2 is 1.91 bits per heavy atom. The molecule has 9 heteroatoms. The zero-order chi connectivity index (χ0) is 22.9. The van der Waals surface area contributed by atoms with Crippen molar-refractivity contribution >= 4 is 41.2 Å². The number of amides is 1. The van der Waals surface area contributed by atoms with Crippen molar-refractivity contribution in [2.24, 2.45) is 0 Å². The summed E-state index contributed by atoms with van der Waals surface area (Å²) in [4.78, 5) is 24.2. The third kappa shape index (κ3) is 6.64. The molecule has 0 spiro atoms. The molecule has 1 aromatic heterocycles. The van der Waals surface area contributed by atoms with Crippen molar-refractivity contribution in [2.75, 3.05) is 6.61 Å². The molecule has 3 rings (SSSR count). The first-order chi connectivity index (χ1) is 15.4. The summed E-state index contributed by atoms with van der Waals surface area (Å²) >= 11 is 11.9. The first-order valence-electron chi connectivity index (χ1n) is 9.25. The van der Waals surface area contributed by atoms with Crippen LogP contribution >= 0.6 is 23.2 Å². The van der Waals surface area contributed by atoms with Crippen molar-refractivity contribution in [2.45, 2.75) is 6.54 Å². The number of carbonyl (C=O) groups excluding carboxylic acids is 2. The van der Waals surface area contributed by atoms with E-state index < -0.39 is 11.9 Å². The fourth-order valence-electron chi connectivity index (χ4n) is 2.51. The van der Waals surface area contributed by atoms with Gasteiger partial charge < -0.3 is 19.2 Å². The third-order valence-electron chi connectivity index (χ3n) is 4.03. The van der Waals surface area contributed by atoms with Crippen LogP contribution in [0.15, 0.2) is 70.9 Å². The molecule has 0 saturated carbocycles. The maximum absolute atomic E-state index is 12.2. The predicted octanol–water partition coefficient (Wildman–Crippen LogP) is 4.79. The Balaban J connectivity index is 1.55. The number of nitrogens with zero attached hydrogens (tertiary/aromatic N) is 1. The third-order valence-corrected chi connectivity index (χ3v) is 4.58. The summed E-state index contributed by atoms with van der Waals surface area (Å²) in [6.07, 6.45) is 2.92. The normalized spacial score (nSPS) is 10.8. The number of furan rings is 1. The van der Waals surface area contributed by atoms with E-state index >= 15 is 0 Å². The van der Waals surface area contributed by atoms with Crippen LogP contribution in [0.5, 0.6) is 11.5 Å². The zero-order valence-corrected chi connectivity index (χ0v) is 18.0. The maximum Gasteiger partial charge on any atom is 0.349 e. The molecule has 7 nitrogen and oxygen atoms in total. The highest BCUT2D eigenvalue weighted by atomic mass is 35.5. The van der Waals surface area contributed by atoms with Gasteiger partial charge in [-0.1, -0.05) is 35.3 Å². The van der Waals surface area contributed by atoms with Crippen molar-refractivity contribution in [3.05, 3.63) is 87.8 Å². The summed E-state index contributed by atoms with van der Waals surface area (Å²) in [7, 11) is 0. The molecule has 0 atom stereocenters. The van der Waals surface area contributed by atoms with Crippen molar-refractivity contribution in [1.29, 1.82) is 5.26 Å². The SMILES string of the molecule is N#C/C(=C\c1ccc(OC(=O)COc2cc(Cl)ccc2Cl)cc1)C(=O)NCc1ccco1. The van der Waals surface area contributed by atoms with Gasteiger partial charge in [-0.05, 0) is 48.0 Å². The number of hydrogen-bond acceptors (Lipinski definition) is 6. The van der Waals surface area contributed by atoms with Crippen LogP contribution in [-0.4, -0.2) is 18.5 Å². The minimum atomic E-state index is -0.639. The highest BCUT2D eigenvalue weighted by Crippen LogP contribution is 2.27. The lowest BCUT2D eigenvalue weighted by Gasteiger charge is -2.08. The number of rotatable bonds is 8. The van der Waals surface area contributed by atoms with Gasteiger partial charge in [-0.2, -0.15) is 5.26 Å². The first kappa shape index (κ1) is 22.9. The lowest BCUT2D eigenvalue weighted by molar-refractivity contribution is -0.136. The van der Waals surface area contributed by atoms with Crippen LogP contribution < -0.4 is 14.8 Å². The fraction of sp³-hybridized carbons (Fsp3) is 0.0870. The maximum atomic E-state index is 12.2. The average molecular weight is 471 g/mol. The van der Waals surface area contributed by atoms with Crippen LogP contribution in [0, 0.1) is 11.3 Å². The Morgan fingerprint density at radius 1 is 1.12 bits per heavy atom. The predicted molar refractivity (Wildman–Crippen MR) is 118 cm³/mol. The summed E-state index contributed by atoms with van der Waals surface area (Å²) in [5.41, 5.74) is 0.504. The largest absolute Gasteiger partial charge is 0.480 e. The fourth-order valence-corrected chi connectivity index (χ4v) is 2.84. The van der Waals surface area contributed by atoms with Gasteiger partial charge in [0.15, 0.2) is 6.61 Å². The number of nitriles is 1. The first-order valence-corrected chi connectivity index (χ1v) is 10.0. The monoisotopic (exact) mass is 470 g/mol. The lowest BCUT2D eigenvalue weighted by Crippen LogP contribution is -2.23. The van der Waals surface area contributed by atoms with Crippen LogP contribution in [0.25, 0.3) is 6.08 Å². The van der Waals surface area contributed by atoms with Gasteiger partial charge in [-0.3, -0.25) is 4.79 Å². The number of carbonyl (C=O) groups is 2. The van der Waals surface area contributed by atoms with Crippen molar-refractivity contribution in [1.82, 2.24) is 5.32 Å². The summed E-state index contributed by atoms with van der Waals surface area (Å²) in [6, 6.07) is 16.2. The number of nitrogens with one attached hydrogen (secondary N) is 1. The number of benzene rings is 2. The van der Waals surface area contributed by atoms with Crippen LogP contribution in [0.3, 0.4) is 0 Å². The van der Waals surface area contributed by atoms with Crippen LogP contribution in [0.4, 0.5) is 0 Å². The molecule has 162 valence electrons. The number of esters is 1. The van der Waals surface area contributed by atoms with E-state index in [0.29, 0.717) is 21.4 Å². The average Bonchev–Trinajstić information content (AvgIpc) is 3.31. The zero-order valence-electron chi connectivity index (χ0n) is 16.5. The lowest BCUT2D eigenvalue weighted by atomic mass is 10.1. The van der Waals surface area contributed by atoms with E-state index in [1.807, 2.05) is 6.07 Å². The van der Waals surface area contributed by atoms with Crippen LogP contribution in [0.2, 0.25) is 10.0 Å². The molecule has 0 aliphatic carbocycles. The summed E-state index contributed by atoms with van der Waals surface area (Å²) < 4.78 is 15.7. The van der Waals surface area contributed by atoms with Crippen LogP contribution in [0.1, 0.15) is 11.3 Å². The number of halogens is 2. The van der Waals surface area contributed by atoms with Gasteiger partial charge in [0.2, 0.25) is 0 Å². The molecule has 1 N–H and O–H groups in total. The van der Waals surface area contributed by atoms with E-state index in [9.17, 15) is 14.9 Å². The second kappa shape index (κ2) is 11.0. The molecule has 0 unspecified atom stereocenters. The van der Waals surface area contributed by atoms with Crippen LogP contribution in [-0.2, 0) is 16.1 Å². The Bertz CT molecular complexity index is 1170. The Kier molecular flexibility index (Phi) is 7.92. The molecule has 3 aromatic rings. The summed E-state index contributed by atoms with van der Waals surface area (Å²) in [5, 5.41) is 12.6. The molecular weight excluding hydrogens is 455 g/mol. The molecule has 0 bridgehead atoms. The quantitative estimate of drug-likeness (QED) is 0.219. The summed E-state index contributed by atoms with van der Waals surface area (Å²) in [6.45, 7) is -0.196. The second-order valence-electron chi connectivity index (χ2n) is 6.34. The van der Waals surface area contributed by atoms with Gasteiger partial charge in [0.05, 0.1) is 17.8 Å². The van der Waals surface area contributed by atoms with Crippen molar-refractivity contribution in [3.8, 4) is 17.6 Å². The van der Waals surface area contributed by atoms with Crippen molar-refractivity contribution < 1.29 is 23.5 Å². The standard InChI is InChI=1S/C23H16Cl2N2O5/c24-17-5-8-20(25)21(11-17)31-14-22(28)32-18-6-3-15(4-7-18)10-16(12-26)23(29)27-13-19-2-1-9-30-19/h1-11H,13-14H2,(H,27,29)/b16-10+. The molecule has 0 saturated heterocycles. The Hall–Kier alpha value is -3.73. The van der Waals surface area contributed by atoms with Gasteiger partial charge in [-0.15, -0.1) is 0 Å². The molecule has 0 fully saturated rings. The van der Waals surface area contributed by atoms with Gasteiger partial charge in [0.25, 0.3) is 5.91 Å². The van der Waals surface area contributed by atoms with Gasteiger partial charge in [-0.25, -0.2) is 4.79 Å². The minimum Gasteiger partial charge on any atom is -0.480 e. The highest BCUT2D eigenvalue weighted by molar-refractivity contribution is 6.34. The molecular formula is C23H16Cl2N2O5.